The number of anilines is 1. The molecule has 4 nitrogen and oxygen atoms in total. The molecule has 2 aromatic heterocycles. The van der Waals surface area contributed by atoms with Gasteiger partial charge in [0.1, 0.15) is 5.82 Å². The van der Waals surface area contributed by atoms with Crippen LogP contribution in [-0.2, 0) is 6.42 Å². The SMILES string of the molecule is Cc1ccccc1NCCc1nc2ncc(Br)cc2[nH]1. The molecule has 5 heteroatoms. The van der Waals surface area contributed by atoms with Crippen LogP contribution in [-0.4, -0.2) is 21.5 Å². The van der Waals surface area contributed by atoms with Crippen LogP contribution < -0.4 is 5.32 Å². The fourth-order valence-corrected chi connectivity index (χ4v) is 2.46. The number of fused-ring (bicyclic) bond motifs is 1. The summed E-state index contributed by atoms with van der Waals surface area (Å²) in [6.07, 6.45) is 2.60. The van der Waals surface area contributed by atoms with E-state index in [4.69, 9.17) is 0 Å². The Balaban J connectivity index is 1.67. The smallest absolute Gasteiger partial charge is 0.177 e. The van der Waals surface area contributed by atoms with Gasteiger partial charge in [-0.05, 0) is 40.5 Å². The number of halogens is 1. The van der Waals surface area contributed by atoms with E-state index >= 15 is 0 Å². The second-order valence-electron chi connectivity index (χ2n) is 4.70. The van der Waals surface area contributed by atoms with Gasteiger partial charge < -0.3 is 10.3 Å². The third-order valence-corrected chi connectivity index (χ3v) is 3.61. The summed E-state index contributed by atoms with van der Waals surface area (Å²) < 4.78 is 0.957. The molecule has 102 valence electrons. The van der Waals surface area contributed by atoms with Crippen LogP contribution in [0.4, 0.5) is 5.69 Å². The van der Waals surface area contributed by atoms with Crippen LogP contribution >= 0.6 is 15.9 Å². The van der Waals surface area contributed by atoms with E-state index in [0.29, 0.717) is 0 Å². The molecule has 0 radical (unpaired) electrons. The summed E-state index contributed by atoms with van der Waals surface area (Å²) in [4.78, 5) is 12.0. The number of benzene rings is 1. The lowest BCUT2D eigenvalue weighted by Gasteiger charge is -2.07. The monoisotopic (exact) mass is 330 g/mol. The molecule has 0 bridgehead atoms. The van der Waals surface area contributed by atoms with Crippen molar-refractivity contribution in [1.82, 2.24) is 15.0 Å². The molecule has 1 aromatic carbocycles. The topological polar surface area (TPSA) is 53.6 Å². The molecule has 0 aliphatic heterocycles. The number of para-hydroxylation sites is 1. The molecular formula is C15H15BrN4. The molecule has 0 saturated heterocycles. The van der Waals surface area contributed by atoms with Gasteiger partial charge in [0, 0.05) is 29.3 Å². The van der Waals surface area contributed by atoms with Gasteiger partial charge in [0.05, 0.1) is 5.52 Å². The van der Waals surface area contributed by atoms with Crippen LogP contribution in [0.2, 0.25) is 0 Å². The van der Waals surface area contributed by atoms with Gasteiger partial charge in [-0.2, -0.15) is 0 Å². The van der Waals surface area contributed by atoms with Crippen molar-refractivity contribution in [3.63, 3.8) is 0 Å². The first kappa shape index (κ1) is 13.1. The van der Waals surface area contributed by atoms with Crippen molar-refractivity contribution in [3.8, 4) is 0 Å². The average Bonchev–Trinajstić information content (AvgIpc) is 2.83. The first-order valence-corrected chi connectivity index (χ1v) is 7.31. The Morgan fingerprint density at radius 1 is 1.30 bits per heavy atom. The van der Waals surface area contributed by atoms with E-state index in [0.717, 1.165) is 34.4 Å². The highest BCUT2D eigenvalue weighted by molar-refractivity contribution is 9.10. The van der Waals surface area contributed by atoms with Crippen LogP contribution in [0.25, 0.3) is 11.2 Å². The van der Waals surface area contributed by atoms with Gasteiger partial charge in [0.15, 0.2) is 5.65 Å². The largest absolute Gasteiger partial charge is 0.384 e. The number of hydrogen-bond acceptors (Lipinski definition) is 3. The molecule has 2 heterocycles. The number of nitrogens with zero attached hydrogens (tertiary/aromatic N) is 2. The van der Waals surface area contributed by atoms with E-state index in [1.54, 1.807) is 6.20 Å². The minimum absolute atomic E-state index is 0.763. The first-order chi connectivity index (χ1) is 9.72. The third-order valence-electron chi connectivity index (χ3n) is 3.18. The number of aromatic nitrogens is 3. The summed E-state index contributed by atoms with van der Waals surface area (Å²) in [7, 11) is 0. The van der Waals surface area contributed by atoms with Crippen LogP contribution in [0, 0.1) is 6.92 Å². The standard InChI is InChI=1S/C15H15BrN4/c1-10-4-2-3-5-12(10)17-7-6-14-19-13-8-11(16)9-18-15(13)20-14/h2-5,8-9,17H,6-7H2,1H3,(H,18,19,20). The molecule has 0 saturated carbocycles. The van der Waals surface area contributed by atoms with Gasteiger partial charge >= 0.3 is 0 Å². The summed E-state index contributed by atoms with van der Waals surface area (Å²) in [5, 5.41) is 3.43. The fraction of sp³-hybridized carbons (Fsp3) is 0.200. The normalized spacial score (nSPS) is 10.9. The quantitative estimate of drug-likeness (QED) is 0.767. The number of imidazole rings is 1. The highest BCUT2D eigenvalue weighted by Crippen LogP contribution is 2.16. The van der Waals surface area contributed by atoms with E-state index in [-0.39, 0.29) is 0 Å². The van der Waals surface area contributed by atoms with Crippen LogP contribution in [0.3, 0.4) is 0 Å². The maximum absolute atomic E-state index is 4.48. The van der Waals surface area contributed by atoms with E-state index in [1.165, 1.54) is 11.3 Å². The predicted molar refractivity (Wildman–Crippen MR) is 85.0 cm³/mol. The van der Waals surface area contributed by atoms with Crippen LogP contribution in [0.15, 0.2) is 41.0 Å². The van der Waals surface area contributed by atoms with Gasteiger partial charge in [-0.3, -0.25) is 0 Å². The zero-order valence-corrected chi connectivity index (χ0v) is 12.7. The zero-order valence-electron chi connectivity index (χ0n) is 11.2. The van der Waals surface area contributed by atoms with Crippen molar-refractivity contribution in [1.29, 1.82) is 0 Å². The second-order valence-corrected chi connectivity index (χ2v) is 5.62. The Morgan fingerprint density at radius 2 is 2.15 bits per heavy atom. The fourth-order valence-electron chi connectivity index (χ4n) is 2.13. The molecule has 20 heavy (non-hydrogen) atoms. The number of hydrogen-bond donors (Lipinski definition) is 2. The maximum Gasteiger partial charge on any atom is 0.177 e. The summed E-state index contributed by atoms with van der Waals surface area (Å²) in [5.41, 5.74) is 4.15. The second kappa shape index (κ2) is 5.63. The summed E-state index contributed by atoms with van der Waals surface area (Å²) in [5.74, 6) is 0.951. The molecule has 0 amide bonds. The number of aromatic amines is 1. The van der Waals surface area contributed by atoms with Crippen molar-refractivity contribution in [2.75, 3.05) is 11.9 Å². The van der Waals surface area contributed by atoms with Crippen molar-refractivity contribution in [3.05, 3.63) is 52.4 Å². The van der Waals surface area contributed by atoms with E-state index in [2.05, 4.69) is 55.3 Å². The molecule has 0 spiro atoms. The molecule has 0 atom stereocenters. The van der Waals surface area contributed by atoms with Gasteiger partial charge in [0.2, 0.25) is 0 Å². The van der Waals surface area contributed by atoms with Gasteiger partial charge in [-0.25, -0.2) is 9.97 Å². The molecule has 0 unspecified atom stereocenters. The first-order valence-electron chi connectivity index (χ1n) is 6.52. The van der Waals surface area contributed by atoms with Crippen molar-refractivity contribution < 1.29 is 0 Å². The van der Waals surface area contributed by atoms with Crippen molar-refractivity contribution >= 4 is 32.8 Å². The van der Waals surface area contributed by atoms with Gasteiger partial charge in [-0.15, -0.1) is 0 Å². The number of pyridine rings is 1. The highest BCUT2D eigenvalue weighted by atomic mass is 79.9. The lowest BCUT2D eigenvalue weighted by atomic mass is 10.2. The third kappa shape index (κ3) is 2.82. The Morgan fingerprint density at radius 3 is 3.00 bits per heavy atom. The number of H-pyrrole nitrogens is 1. The van der Waals surface area contributed by atoms with E-state index in [1.807, 2.05) is 18.2 Å². The minimum atomic E-state index is 0.763. The summed E-state index contributed by atoms with van der Waals surface area (Å²) in [6.45, 7) is 2.94. The molecule has 2 N–H and O–H groups in total. The van der Waals surface area contributed by atoms with Gasteiger partial charge in [-0.1, -0.05) is 18.2 Å². The predicted octanol–water partition coefficient (Wildman–Crippen LogP) is 3.68. The number of rotatable bonds is 4. The average molecular weight is 331 g/mol. The molecule has 0 fully saturated rings. The molecular weight excluding hydrogens is 316 g/mol. The van der Waals surface area contributed by atoms with Gasteiger partial charge in [0.25, 0.3) is 0 Å². The van der Waals surface area contributed by atoms with Crippen LogP contribution in [0.5, 0.6) is 0 Å². The highest BCUT2D eigenvalue weighted by Gasteiger charge is 2.04. The number of nitrogens with one attached hydrogen (secondary N) is 2. The zero-order chi connectivity index (χ0) is 13.9. The molecule has 0 aliphatic rings. The van der Waals surface area contributed by atoms with Crippen molar-refractivity contribution in [2.45, 2.75) is 13.3 Å². The Bertz CT molecular complexity index is 736. The Hall–Kier alpha value is -1.88. The molecule has 3 aromatic rings. The summed E-state index contributed by atoms with van der Waals surface area (Å²) >= 11 is 3.41. The lowest BCUT2D eigenvalue weighted by molar-refractivity contribution is 0.932. The maximum atomic E-state index is 4.48. The van der Waals surface area contributed by atoms with Crippen LogP contribution in [0.1, 0.15) is 11.4 Å². The minimum Gasteiger partial charge on any atom is -0.384 e. The molecule has 0 aliphatic carbocycles. The molecule has 3 rings (SSSR count). The Labute approximate surface area is 125 Å². The van der Waals surface area contributed by atoms with Crippen molar-refractivity contribution in [2.24, 2.45) is 0 Å². The number of aryl methyl sites for hydroxylation is 1. The summed E-state index contributed by atoms with van der Waals surface area (Å²) in [6, 6.07) is 10.3. The van der Waals surface area contributed by atoms with E-state index in [9.17, 15) is 0 Å². The van der Waals surface area contributed by atoms with E-state index < -0.39 is 0 Å². The lowest BCUT2D eigenvalue weighted by Crippen LogP contribution is -2.06. The Kier molecular flexibility index (Phi) is 3.69.